The van der Waals surface area contributed by atoms with Gasteiger partial charge in [-0.15, -0.1) is 0 Å². The molecule has 290 valence electrons. The third-order valence-corrected chi connectivity index (χ3v) is 11.2. The molecular weight excluding hydrogens is 755 g/mol. The third-order valence-electron chi connectivity index (χ3n) is 11.2. The van der Waals surface area contributed by atoms with Gasteiger partial charge in [0, 0.05) is 38.4 Å². The summed E-state index contributed by atoms with van der Waals surface area (Å²) in [4.78, 5) is 15.2. The number of benzene rings is 9. The number of hydrogen-bond donors (Lipinski definition) is 0. The highest BCUT2D eigenvalue weighted by Gasteiger charge is 2.23. The van der Waals surface area contributed by atoms with Crippen LogP contribution in [0.2, 0.25) is 0 Å². The summed E-state index contributed by atoms with van der Waals surface area (Å²) in [5.41, 5.74) is 7.44. The Morgan fingerprint density at radius 3 is 1.48 bits per heavy atom. The van der Waals surface area contributed by atoms with Gasteiger partial charge in [0.05, 0.1) is 37.1 Å². The number of fused-ring (bicyclic) bond motifs is 7. The zero-order valence-corrected chi connectivity index (χ0v) is 32.7. The molecule has 0 spiro atoms. The van der Waals surface area contributed by atoms with Gasteiger partial charge in [-0.05, 0) is 63.7 Å². The first-order valence-electron chi connectivity index (χ1n) is 25.5. The van der Waals surface area contributed by atoms with Crippen LogP contribution in [0.4, 0.5) is 0 Å². The summed E-state index contributed by atoms with van der Waals surface area (Å²) >= 11 is 0. The van der Waals surface area contributed by atoms with Gasteiger partial charge in [0.2, 0.25) is 5.95 Å². The van der Waals surface area contributed by atoms with Gasteiger partial charge in [0.1, 0.15) is 0 Å². The first kappa shape index (κ1) is 25.9. The Kier molecular flexibility index (Phi) is 6.15. The van der Waals surface area contributed by atoms with Crippen LogP contribution in [0.25, 0.3) is 111 Å². The summed E-state index contributed by atoms with van der Waals surface area (Å²) < 4.78 is 102. The van der Waals surface area contributed by atoms with Gasteiger partial charge in [-0.3, -0.25) is 4.57 Å². The van der Waals surface area contributed by atoms with Crippen LogP contribution in [0.15, 0.2) is 224 Å². The van der Waals surface area contributed by atoms with E-state index < -0.39 is 18.1 Å². The summed E-state index contributed by atoms with van der Waals surface area (Å²) in [6.45, 7) is 0. The second-order valence-corrected chi connectivity index (χ2v) is 14.8. The Labute approximate surface area is 374 Å². The van der Waals surface area contributed by atoms with Crippen molar-refractivity contribution >= 4 is 43.6 Å². The van der Waals surface area contributed by atoms with E-state index in [0.717, 1.165) is 22.3 Å². The molecule has 0 fully saturated rings. The molecule has 0 aliphatic carbocycles. The number of aromatic nitrogens is 5. The highest BCUT2D eigenvalue weighted by atomic mass is 15.2. The van der Waals surface area contributed by atoms with Gasteiger partial charge >= 0.3 is 0 Å². The Bertz CT molecular complexity index is 4240. The van der Waals surface area contributed by atoms with Gasteiger partial charge in [-0.2, -0.15) is 9.97 Å². The summed E-state index contributed by atoms with van der Waals surface area (Å²) in [6, 6.07) is 45.7. The second kappa shape index (κ2) is 14.7. The van der Waals surface area contributed by atoms with Gasteiger partial charge < -0.3 is 4.57 Å². The van der Waals surface area contributed by atoms with Crippen molar-refractivity contribution in [3.63, 3.8) is 0 Å². The number of rotatable bonds is 7. The maximum atomic E-state index is 9.78. The first-order valence-corrected chi connectivity index (χ1v) is 20.0. The van der Waals surface area contributed by atoms with Crippen LogP contribution in [0.5, 0.6) is 0 Å². The maximum Gasteiger partial charge on any atom is 0.238 e. The standard InChI is InChI=1S/C57H37N5/c1-4-16-38(17-5-1)40-30-32-42(33-31-40)56-58-55(41-20-8-3-9-21-41)59-57(60-56)62-52-29-13-11-27-48(52)50-35-34-49-47-26-10-12-28-51(47)61(53(49)54(50)62)46-25-15-24-45(37-46)44-23-14-22-43(36-44)39-18-6-2-7-19-39/h1-37H/i1D,4D,5D,10D,11D,16D,17D,28D,29D,34D,35D. The molecule has 0 N–H and O–H groups in total. The number of nitrogens with zero attached hydrogens (tertiary/aromatic N) is 5. The fourth-order valence-electron chi connectivity index (χ4n) is 8.32. The van der Waals surface area contributed by atoms with Gasteiger partial charge in [-0.1, -0.05) is 194 Å². The minimum atomic E-state index is -0.491. The lowest BCUT2D eigenvalue weighted by molar-refractivity contribution is 0.953. The van der Waals surface area contributed by atoms with Crippen molar-refractivity contribution in [2.45, 2.75) is 0 Å². The lowest BCUT2D eigenvalue weighted by Gasteiger charge is -2.14. The second-order valence-electron chi connectivity index (χ2n) is 14.8. The predicted octanol–water partition coefficient (Wildman–Crippen LogP) is 14.4. The van der Waals surface area contributed by atoms with Gasteiger partial charge in [0.25, 0.3) is 0 Å². The van der Waals surface area contributed by atoms with E-state index >= 15 is 0 Å². The van der Waals surface area contributed by atoms with E-state index in [2.05, 4.69) is 24.3 Å². The fraction of sp³-hybridized carbons (Fsp3) is 0. The predicted molar refractivity (Wildman–Crippen MR) is 256 cm³/mol. The van der Waals surface area contributed by atoms with Crippen LogP contribution >= 0.6 is 0 Å². The summed E-state index contributed by atoms with van der Waals surface area (Å²) in [5.74, 6) is 0.485. The SMILES string of the molecule is [2H]c1cc([2H])c2c(c1)c1c([2H])c([2H])c3c4cc([2H])cc([2H])c4n(-c4nc(-c5ccccc5)nc(-c5ccc(-c6c([2H])c([2H])c([2H])c([2H])c6[2H])cc5)n4)c3c1n2-c1cccc(-c2cccc(-c3ccccc3)c2)c1. The monoisotopic (exact) mass is 802 g/mol. The molecule has 12 aromatic rings. The van der Waals surface area contributed by atoms with Crippen LogP contribution in [0.1, 0.15) is 15.1 Å². The van der Waals surface area contributed by atoms with Crippen molar-refractivity contribution in [2.24, 2.45) is 0 Å². The minimum absolute atomic E-state index is 0.0152. The van der Waals surface area contributed by atoms with Crippen LogP contribution in [-0.4, -0.2) is 24.1 Å². The summed E-state index contributed by atoms with van der Waals surface area (Å²) in [7, 11) is 0. The highest BCUT2D eigenvalue weighted by Crippen LogP contribution is 2.42. The van der Waals surface area contributed by atoms with Crippen molar-refractivity contribution < 1.29 is 15.1 Å². The van der Waals surface area contributed by atoms with Crippen molar-refractivity contribution in [2.75, 3.05) is 0 Å². The van der Waals surface area contributed by atoms with Gasteiger partial charge in [-0.25, -0.2) is 4.98 Å². The summed E-state index contributed by atoms with van der Waals surface area (Å²) in [6.07, 6.45) is 0. The van der Waals surface area contributed by atoms with Crippen molar-refractivity contribution in [1.82, 2.24) is 24.1 Å². The quantitative estimate of drug-likeness (QED) is 0.161. The van der Waals surface area contributed by atoms with E-state index in [4.69, 9.17) is 24.5 Å². The molecule has 0 saturated carbocycles. The highest BCUT2D eigenvalue weighted by molar-refractivity contribution is 6.23. The average molecular weight is 803 g/mol. The molecule has 62 heavy (non-hydrogen) atoms. The molecular formula is C57H37N5. The lowest BCUT2D eigenvalue weighted by Crippen LogP contribution is -2.07. The van der Waals surface area contributed by atoms with Crippen LogP contribution < -0.4 is 0 Å². The third kappa shape index (κ3) is 5.98. The molecule has 0 aliphatic rings. The number of hydrogen-bond acceptors (Lipinski definition) is 3. The average Bonchev–Trinajstić information content (AvgIpc) is 3.94. The van der Waals surface area contributed by atoms with E-state index in [1.807, 2.05) is 89.5 Å². The van der Waals surface area contributed by atoms with Crippen molar-refractivity contribution in [3.8, 4) is 67.8 Å². The van der Waals surface area contributed by atoms with E-state index in [9.17, 15) is 5.48 Å². The van der Waals surface area contributed by atoms with E-state index in [-0.39, 0.29) is 82.4 Å². The molecule has 9 aromatic carbocycles. The molecule has 0 unspecified atom stereocenters. The Morgan fingerprint density at radius 1 is 0.323 bits per heavy atom. The first-order chi connectivity index (χ1) is 35.3. The Hall–Kier alpha value is -8.41. The molecule has 0 saturated heterocycles. The van der Waals surface area contributed by atoms with Crippen molar-refractivity contribution in [1.29, 1.82) is 0 Å². The lowest BCUT2D eigenvalue weighted by atomic mass is 9.99. The smallest absolute Gasteiger partial charge is 0.238 e. The number of para-hydroxylation sites is 2. The minimum Gasteiger partial charge on any atom is -0.307 e. The molecule has 0 aliphatic heterocycles. The molecule has 3 heterocycles. The zero-order valence-electron chi connectivity index (χ0n) is 43.7. The molecule has 5 nitrogen and oxygen atoms in total. The molecule has 3 aromatic heterocycles. The topological polar surface area (TPSA) is 48.5 Å². The zero-order chi connectivity index (χ0) is 50.6. The van der Waals surface area contributed by atoms with E-state index in [1.165, 1.54) is 12.1 Å². The van der Waals surface area contributed by atoms with Crippen LogP contribution in [0, 0.1) is 0 Å². The molecule has 5 heteroatoms. The molecule has 0 atom stereocenters. The van der Waals surface area contributed by atoms with Gasteiger partial charge in [0.15, 0.2) is 11.6 Å². The van der Waals surface area contributed by atoms with E-state index in [0.29, 0.717) is 55.1 Å². The molecule has 0 amide bonds. The Morgan fingerprint density at radius 2 is 0.823 bits per heavy atom. The van der Waals surface area contributed by atoms with E-state index in [1.54, 1.807) is 41.0 Å². The Balaban J connectivity index is 1.18. The molecule has 0 radical (unpaired) electrons. The van der Waals surface area contributed by atoms with Crippen LogP contribution in [0.3, 0.4) is 0 Å². The maximum absolute atomic E-state index is 9.78. The fourth-order valence-corrected chi connectivity index (χ4v) is 8.32. The van der Waals surface area contributed by atoms with Crippen molar-refractivity contribution in [3.05, 3.63) is 224 Å². The molecule has 0 bridgehead atoms. The summed E-state index contributed by atoms with van der Waals surface area (Å²) in [5, 5.41) is 1.31. The normalized spacial score (nSPS) is 14.0. The largest absolute Gasteiger partial charge is 0.307 e. The van der Waals surface area contributed by atoms with Crippen LogP contribution in [-0.2, 0) is 0 Å². The molecule has 12 rings (SSSR count).